The van der Waals surface area contributed by atoms with Crippen LogP contribution in [-0.2, 0) is 17.8 Å². The number of benzene rings is 2. The molecule has 0 spiro atoms. The minimum Gasteiger partial charge on any atom is -0.495 e. The summed E-state index contributed by atoms with van der Waals surface area (Å²) in [5, 5.41) is 3.70. The second-order valence-corrected chi connectivity index (χ2v) is 7.13. The molecule has 0 saturated heterocycles. The lowest BCUT2D eigenvalue weighted by atomic mass is 10.2. The number of hydrogen-bond donors (Lipinski definition) is 1. The maximum absolute atomic E-state index is 12.7. The van der Waals surface area contributed by atoms with E-state index < -0.39 is 5.91 Å². The number of amides is 1. The van der Waals surface area contributed by atoms with Crippen LogP contribution in [0.1, 0.15) is 12.6 Å². The maximum atomic E-state index is 12.7. The van der Waals surface area contributed by atoms with E-state index >= 15 is 0 Å². The molecular weight excluding hydrogens is 413 g/mol. The van der Waals surface area contributed by atoms with Crippen LogP contribution < -0.4 is 15.6 Å². The van der Waals surface area contributed by atoms with Crippen LogP contribution in [0.3, 0.4) is 0 Å². The zero-order valence-corrected chi connectivity index (χ0v) is 17.4. The Hall–Kier alpha value is -2.83. The number of aryl methyl sites for hydroxylation is 1. The summed E-state index contributed by atoms with van der Waals surface area (Å²) in [5.74, 6) is 0.427. The van der Waals surface area contributed by atoms with Crippen LogP contribution in [0.2, 0.25) is 10.0 Å². The summed E-state index contributed by atoms with van der Waals surface area (Å²) in [7, 11) is 1.49. The number of aromatic nitrogens is 2. The average Bonchev–Trinajstić information content (AvgIpc) is 2.69. The van der Waals surface area contributed by atoms with Gasteiger partial charge in [0.2, 0.25) is 5.91 Å². The normalized spacial score (nSPS) is 10.6. The van der Waals surface area contributed by atoms with E-state index in [1.165, 1.54) is 17.7 Å². The van der Waals surface area contributed by atoms with Crippen LogP contribution in [0.4, 0.5) is 5.69 Å². The first kappa shape index (κ1) is 20.9. The number of nitrogens with zero attached hydrogens (tertiary/aromatic N) is 2. The Labute approximate surface area is 178 Å². The highest BCUT2D eigenvalue weighted by Gasteiger charge is 2.15. The molecule has 0 aliphatic carbocycles. The van der Waals surface area contributed by atoms with Crippen molar-refractivity contribution in [1.29, 1.82) is 0 Å². The molecule has 0 unspecified atom stereocenters. The maximum Gasteiger partial charge on any atom is 0.254 e. The largest absolute Gasteiger partial charge is 0.495 e. The van der Waals surface area contributed by atoms with Gasteiger partial charge in [-0.3, -0.25) is 14.2 Å². The molecule has 0 bridgehead atoms. The van der Waals surface area contributed by atoms with Gasteiger partial charge in [-0.2, -0.15) is 0 Å². The van der Waals surface area contributed by atoms with Crippen molar-refractivity contribution in [3.05, 3.63) is 74.6 Å². The molecule has 8 heteroatoms. The standard InChI is InChI=1S/C21H19Cl2N3O3/c1-3-16-11-20(28)26(21(24-16)13-5-4-6-14(22)9-13)12-19(27)25-17-10-15(23)7-8-18(17)29-2/h4-11H,3,12H2,1-2H3,(H,25,27). The van der Waals surface area contributed by atoms with Gasteiger partial charge in [0.15, 0.2) is 0 Å². The van der Waals surface area contributed by atoms with Crippen LogP contribution in [0, 0.1) is 0 Å². The molecule has 150 valence electrons. The first-order chi connectivity index (χ1) is 13.9. The predicted molar refractivity (Wildman–Crippen MR) is 115 cm³/mol. The van der Waals surface area contributed by atoms with Crippen molar-refractivity contribution in [2.75, 3.05) is 12.4 Å². The Morgan fingerprint density at radius 2 is 1.90 bits per heavy atom. The molecule has 1 aromatic heterocycles. The van der Waals surface area contributed by atoms with Crippen molar-refractivity contribution < 1.29 is 9.53 Å². The third-order valence-corrected chi connectivity index (χ3v) is 4.71. The minimum absolute atomic E-state index is 0.229. The Morgan fingerprint density at radius 3 is 2.59 bits per heavy atom. The minimum atomic E-state index is -0.415. The molecule has 3 aromatic rings. The Bertz CT molecular complexity index is 1110. The molecule has 6 nitrogen and oxygen atoms in total. The lowest BCUT2D eigenvalue weighted by Crippen LogP contribution is -2.30. The van der Waals surface area contributed by atoms with Crippen LogP contribution >= 0.6 is 23.2 Å². The number of hydrogen-bond acceptors (Lipinski definition) is 4. The number of anilines is 1. The molecule has 0 atom stereocenters. The fourth-order valence-corrected chi connectivity index (χ4v) is 3.21. The number of carbonyl (C=O) groups excluding carboxylic acids is 1. The molecule has 0 fully saturated rings. The van der Waals surface area contributed by atoms with Crippen molar-refractivity contribution in [3.63, 3.8) is 0 Å². The summed E-state index contributed by atoms with van der Waals surface area (Å²) in [6.45, 7) is 1.68. The van der Waals surface area contributed by atoms with Gasteiger partial charge in [-0.25, -0.2) is 4.98 Å². The lowest BCUT2D eigenvalue weighted by Gasteiger charge is -2.15. The van der Waals surface area contributed by atoms with E-state index in [1.54, 1.807) is 42.5 Å². The smallest absolute Gasteiger partial charge is 0.254 e. The van der Waals surface area contributed by atoms with Gasteiger partial charge >= 0.3 is 0 Å². The van der Waals surface area contributed by atoms with E-state index in [2.05, 4.69) is 10.3 Å². The molecule has 0 aliphatic heterocycles. The molecule has 0 radical (unpaired) electrons. The molecule has 1 amide bonds. The summed E-state index contributed by atoms with van der Waals surface area (Å²) in [6.07, 6.45) is 0.593. The van der Waals surface area contributed by atoms with Gasteiger partial charge in [0.25, 0.3) is 5.56 Å². The fourth-order valence-electron chi connectivity index (χ4n) is 2.85. The van der Waals surface area contributed by atoms with Crippen molar-refractivity contribution in [3.8, 4) is 17.1 Å². The lowest BCUT2D eigenvalue weighted by molar-refractivity contribution is -0.116. The second kappa shape index (κ2) is 9.11. The Kier molecular flexibility index (Phi) is 6.56. The number of rotatable bonds is 6. The van der Waals surface area contributed by atoms with Gasteiger partial charge < -0.3 is 10.1 Å². The van der Waals surface area contributed by atoms with E-state index in [0.29, 0.717) is 45.0 Å². The van der Waals surface area contributed by atoms with Crippen LogP contribution in [-0.4, -0.2) is 22.6 Å². The third-order valence-electron chi connectivity index (χ3n) is 4.24. The highest BCUT2D eigenvalue weighted by atomic mass is 35.5. The Morgan fingerprint density at radius 1 is 1.14 bits per heavy atom. The van der Waals surface area contributed by atoms with E-state index in [4.69, 9.17) is 27.9 Å². The van der Waals surface area contributed by atoms with Crippen molar-refractivity contribution in [1.82, 2.24) is 9.55 Å². The molecule has 0 saturated carbocycles. The number of carbonyl (C=O) groups is 1. The third kappa shape index (κ3) is 4.96. The van der Waals surface area contributed by atoms with E-state index in [1.807, 2.05) is 6.92 Å². The van der Waals surface area contributed by atoms with Crippen molar-refractivity contribution >= 4 is 34.8 Å². The molecule has 29 heavy (non-hydrogen) atoms. The molecule has 1 N–H and O–H groups in total. The van der Waals surface area contributed by atoms with Crippen LogP contribution in [0.5, 0.6) is 5.75 Å². The van der Waals surface area contributed by atoms with Crippen molar-refractivity contribution in [2.24, 2.45) is 0 Å². The van der Waals surface area contributed by atoms with Gasteiger partial charge in [-0.1, -0.05) is 42.3 Å². The fraction of sp³-hybridized carbons (Fsp3) is 0.190. The summed E-state index contributed by atoms with van der Waals surface area (Å²) in [4.78, 5) is 30.0. The first-order valence-corrected chi connectivity index (χ1v) is 9.67. The van der Waals surface area contributed by atoms with E-state index in [9.17, 15) is 9.59 Å². The SMILES string of the molecule is CCc1cc(=O)n(CC(=O)Nc2cc(Cl)ccc2OC)c(-c2cccc(Cl)c2)n1. The molecule has 0 aliphatic rings. The van der Waals surface area contributed by atoms with Gasteiger partial charge in [-0.05, 0) is 36.8 Å². The molecule has 3 rings (SSSR count). The summed E-state index contributed by atoms with van der Waals surface area (Å²) in [6, 6.07) is 13.3. The van der Waals surface area contributed by atoms with E-state index in [0.717, 1.165) is 0 Å². The zero-order valence-electron chi connectivity index (χ0n) is 15.9. The summed E-state index contributed by atoms with van der Waals surface area (Å²) in [5.41, 5.74) is 1.39. The molecule has 2 aromatic carbocycles. The van der Waals surface area contributed by atoms with Crippen molar-refractivity contribution in [2.45, 2.75) is 19.9 Å². The number of methoxy groups -OCH3 is 1. The van der Waals surface area contributed by atoms with Crippen LogP contribution in [0.15, 0.2) is 53.3 Å². The number of ether oxygens (including phenoxy) is 1. The summed E-state index contributed by atoms with van der Waals surface area (Å²) < 4.78 is 6.56. The second-order valence-electron chi connectivity index (χ2n) is 6.25. The van der Waals surface area contributed by atoms with Gasteiger partial charge in [-0.15, -0.1) is 0 Å². The molecular formula is C21H19Cl2N3O3. The van der Waals surface area contributed by atoms with Gasteiger partial charge in [0.05, 0.1) is 12.8 Å². The highest BCUT2D eigenvalue weighted by Crippen LogP contribution is 2.28. The Balaban J connectivity index is 1.97. The van der Waals surface area contributed by atoms with E-state index in [-0.39, 0.29) is 12.1 Å². The predicted octanol–water partition coefficient (Wildman–Crippen LogP) is 4.43. The quantitative estimate of drug-likeness (QED) is 0.626. The van der Waals surface area contributed by atoms with Crippen LogP contribution in [0.25, 0.3) is 11.4 Å². The number of nitrogens with one attached hydrogen (secondary N) is 1. The average molecular weight is 432 g/mol. The zero-order chi connectivity index (χ0) is 21.0. The van der Waals surface area contributed by atoms with Gasteiger partial charge in [0.1, 0.15) is 18.1 Å². The molecule has 1 heterocycles. The summed E-state index contributed by atoms with van der Waals surface area (Å²) >= 11 is 12.1. The van der Waals surface area contributed by atoms with Gasteiger partial charge in [0, 0.05) is 27.4 Å². The highest BCUT2D eigenvalue weighted by molar-refractivity contribution is 6.31. The number of halogens is 2. The topological polar surface area (TPSA) is 73.2 Å². The monoisotopic (exact) mass is 431 g/mol. The first-order valence-electron chi connectivity index (χ1n) is 8.91.